The lowest BCUT2D eigenvalue weighted by Gasteiger charge is -2.26. The van der Waals surface area contributed by atoms with Crippen molar-refractivity contribution in [1.82, 2.24) is 26.6 Å². The summed E-state index contributed by atoms with van der Waals surface area (Å²) < 4.78 is 0. The van der Waals surface area contributed by atoms with Crippen molar-refractivity contribution >= 4 is 29.5 Å². The second-order valence-electron chi connectivity index (χ2n) is 9.93. The Hall–Kier alpha value is -4.41. The fraction of sp³-hybridized carbons (Fsp3) is 0.393. The number of rotatable bonds is 6. The predicted molar refractivity (Wildman–Crippen MR) is 143 cm³/mol. The first-order chi connectivity index (χ1) is 18.6. The molecule has 0 aliphatic carbocycles. The molecule has 1 aliphatic rings. The van der Waals surface area contributed by atoms with Crippen molar-refractivity contribution in [1.29, 1.82) is 0 Å². The molecule has 1 fully saturated rings. The number of aromatic hydroxyl groups is 1. The molecule has 6 N–H and O–H groups in total. The zero-order valence-electron chi connectivity index (χ0n) is 22.0. The maximum atomic E-state index is 13.4. The fourth-order valence-corrected chi connectivity index (χ4v) is 4.16. The average Bonchev–Trinajstić information content (AvgIpc) is 2.90. The summed E-state index contributed by atoms with van der Waals surface area (Å²) in [5.74, 6) is -2.85. The summed E-state index contributed by atoms with van der Waals surface area (Å²) >= 11 is 0. The van der Waals surface area contributed by atoms with Crippen LogP contribution in [0.15, 0.2) is 54.6 Å². The Kier molecular flexibility index (Phi) is 10.4. The molecule has 1 aliphatic heterocycles. The van der Waals surface area contributed by atoms with Gasteiger partial charge in [0.2, 0.25) is 29.5 Å². The molecule has 11 nitrogen and oxygen atoms in total. The SMILES string of the molecule is CC(C)C[C@@H]1NC(=O)[C@H](Cc2ccccc2)NC(=O)CNC(=O)CNC(=O)[C@H](Cc2ccc(O)cc2)NC1=O. The van der Waals surface area contributed by atoms with Crippen LogP contribution in [0.1, 0.15) is 31.4 Å². The van der Waals surface area contributed by atoms with Crippen molar-refractivity contribution in [2.75, 3.05) is 13.1 Å². The zero-order valence-corrected chi connectivity index (χ0v) is 22.0. The standard InChI is InChI=1S/C28H35N5O6/c1-17(2)12-21-27(38)33-22(14-19-8-10-20(34)11-9-19)26(37)30-15-24(35)29-16-25(36)31-23(28(39)32-21)13-18-6-4-3-5-7-18/h3-11,17,21-23,34H,12-16H2,1-2H3,(H,29,35)(H,30,37)(H,31,36)(H,32,39)(H,33,38)/t21-,22-,23-/m0/s1. The van der Waals surface area contributed by atoms with E-state index in [-0.39, 0.29) is 30.9 Å². The number of phenols is 1. The third-order valence-electron chi connectivity index (χ3n) is 6.15. The first kappa shape index (κ1) is 29.2. The molecule has 0 bridgehead atoms. The highest BCUT2D eigenvalue weighted by molar-refractivity contribution is 5.96. The van der Waals surface area contributed by atoms with Crippen LogP contribution < -0.4 is 26.6 Å². The molecule has 0 aromatic heterocycles. The van der Waals surface area contributed by atoms with Gasteiger partial charge in [0.05, 0.1) is 13.1 Å². The molecule has 39 heavy (non-hydrogen) atoms. The van der Waals surface area contributed by atoms with Gasteiger partial charge in [-0.3, -0.25) is 24.0 Å². The maximum absolute atomic E-state index is 13.4. The van der Waals surface area contributed by atoms with Gasteiger partial charge in [-0.2, -0.15) is 0 Å². The van der Waals surface area contributed by atoms with Crippen LogP contribution in [0, 0.1) is 5.92 Å². The minimum Gasteiger partial charge on any atom is -0.508 e. The van der Waals surface area contributed by atoms with Crippen LogP contribution in [0.5, 0.6) is 5.75 Å². The minimum atomic E-state index is -1.06. The van der Waals surface area contributed by atoms with Gasteiger partial charge in [0, 0.05) is 12.8 Å². The first-order valence-corrected chi connectivity index (χ1v) is 12.9. The number of hydrogen-bond acceptors (Lipinski definition) is 6. The quantitative estimate of drug-likeness (QED) is 0.302. The number of phenolic OH excluding ortho intramolecular Hbond substituents is 1. The summed E-state index contributed by atoms with van der Waals surface area (Å²) in [6.07, 6.45) is 0.543. The van der Waals surface area contributed by atoms with Crippen LogP contribution >= 0.6 is 0 Å². The molecule has 3 rings (SSSR count). The van der Waals surface area contributed by atoms with Gasteiger partial charge >= 0.3 is 0 Å². The maximum Gasteiger partial charge on any atom is 0.243 e. The van der Waals surface area contributed by atoms with Crippen molar-refractivity contribution in [2.24, 2.45) is 5.92 Å². The van der Waals surface area contributed by atoms with Crippen LogP contribution in [0.2, 0.25) is 0 Å². The van der Waals surface area contributed by atoms with Gasteiger partial charge < -0.3 is 31.7 Å². The Balaban J connectivity index is 1.89. The second-order valence-corrected chi connectivity index (χ2v) is 9.93. The summed E-state index contributed by atoms with van der Waals surface area (Å²) in [5.41, 5.74) is 1.46. The molecule has 0 unspecified atom stereocenters. The van der Waals surface area contributed by atoms with Gasteiger partial charge in [-0.05, 0) is 35.6 Å². The van der Waals surface area contributed by atoms with Gasteiger partial charge in [0.25, 0.3) is 0 Å². The molecule has 0 spiro atoms. The lowest BCUT2D eigenvalue weighted by molar-refractivity contribution is -0.133. The Morgan fingerprint density at radius 3 is 1.85 bits per heavy atom. The highest BCUT2D eigenvalue weighted by Crippen LogP contribution is 2.13. The van der Waals surface area contributed by atoms with Crippen LogP contribution in [0.4, 0.5) is 0 Å². The van der Waals surface area contributed by atoms with E-state index in [4.69, 9.17) is 0 Å². The van der Waals surface area contributed by atoms with Crippen LogP contribution in [-0.4, -0.2) is 65.9 Å². The molecule has 208 valence electrons. The van der Waals surface area contributed by atoms with E-state index >= 15 is 0 Å². The Morgan fingerprint density at radius 2 is 1.21 bits per heavy atom. The van der Waals surface area contributed by atoms with Crippen molar-refractivity contribution in [3.63, 3.8) is 0 Å². The molecule has 0 saturated carbocycles. The fourth-order valence-electron chi connectivity index (χ4n) is 4.16. The van der Waals surface area contributed by atoms with E-state index in [1.54, 1.807) is 12.1 Å². The minimum absolute atomic E-state index is 0.0245. The number of carbonyl (C=O) groups is 5. The molecule has 2 aromatic carbocycles. The summed E-state index contributed by atoms with van der Waals surface area (Å²) in [6, 6.07) is 12.2. The molecular formula is C28H35N5O6. The van der Waals surface area contributed by atoms with E-state index in [1.165, 1.54) is 12.1 Å². The molecule has 1 saturated heterocycles. The van der Waals surface area contributed by atoms with E-state index in [1.807, 2.05) is 44.2 Å². The largest absolute Gasteiger partial charge is 0.508 e. The van der Waals surface area contributed by atoms with E-state index in [2.05, 4.69) is 26.6 Å². The molecule has 1 heterocycles. The third-order valence-corrected chi connectivity index (χ3v) is 6.15. The van der Waals surface area contributed by atoms with Crippen molar-refractivity contribution in [2.45, 2.75) is 51.2 Å². The Labute approximate surface area is 227 Å². The van der Waals surface area contributed by atoms with E-state index in [9.17, 15) is 29.1 Å². The summed E-state index contributed by atoms with van der Waals surface area (Å²) in [6.45, 7) is 3.00. The monoisotopic (exact) mass is 537 g/mol. The van der Waals surface area contributed by atoms with Gasteiger partial charge in [-0.15, -0.1) is 0 Å². The highest BCUT2D eigenvalue weighted by Gasteiger charge is 2.31. The van der Waals surface area contributed by atoms with Crippen molar-refractivity contribution in [3.05, 3.63) is 65.7 Å². The van der Waals surface area contributed by atoms with E-state index in [0.717, 1.165) is 5.56 Å². The summed E-state index contributed by atoms with van der Waals surface area (Å²) in [7, 11) is 0. The topological polar surface area (TPSA) is 166 Å². The van der Waals surface area contributed by atoms with Crippen molar-refractivity contribution in [3.8, 4) is 5.75 Å². The predicted octanol–water partition coefficient (Wildman–Crippen LogP) is -0.0761. The van der Waals surface area contributed by atoms with Crippen LogP contribution in [0.25, 0.3) is 0 Å². The first-order valence-electron chi connectivity index (χ1n) is 12.9. The molecule has 3 atom stereocenters. The Bertz CT molecular complexity index is 1170. The lowest BCUT2D eigenvalue weighted by atomic mass is 9.99. The normalized spacial score (nSPS) is 21.5. The van der Waals surface area contributed by atoms with E-state index < -0.39 is 60.8 Å². The number of nitrogens with one attached hydrogen (secondary N) is 5. The van der Waals surface area contributed by atoms with Gasteiger partial charge in [0.1, 0.15) is 23.9 Å². The molecular weight excluding hydrogens is 502 g/mol. The second kappa shape index (κ2) is 13.9. The highest BCUT2D eigenvalue weighted by atomic mass is 16.3. The summed E-state index contributed by atoms with van der Waals surface area (Å²) in [5, 5.41) is 22.6. The van der Waals surface area contributed by atoms with Gasteiger partial charge in [-0.1, -0.05) is 56.3 Å². The third kappa shape index (κ3) is 9.44. The number of hydrogen-bond donors (Lipinski definition) is 6. The van der Waals surface area contributed by atoms with Gasteiger partial charge in [-0.25, -0.2) is 0 Å². The van der Waals surface area contributed by atoms with E-state index in [0.29, 0.717) is 5.56 Å². The zero-order chi connectivity index (χ0) is 28.4. The lowest BCUT2D eigenvalue weighted by Crippen LogP contribution is -2.57. The summed E-state index contributed by atoms with van der Waals surface area (Å²) in [4.78, 5) is 64.7. The number of amides is 5. The van der Waals surface area contributed by atoms with Crippen LogP contribution in [0.3, 0.4) is 0 Å². The number of carbonyl (C=O) groups excluding carboxylic acids is 5. The number of benzene rings is 2. The van der Waals surface area contributed by atoms with Gasteiger partial charge in [0.15, 0.2) is 0 Å². The van der Waals surface area contributed by atoms with Crippen LogP contribution in [-0.2, 0) is 36.8 Å². The smallest absolute Gasteiger partial charge is 0.243 e. The molecule has 2 aromatic rings. The molecule has 11 heteroatoms. The molecule has 5 amide bonds. The Morgan fingerprint density at radius 1 is 0.667 bits per heavy atom. The average molecular weight is 538 g/mol. The van der Waals surface area contributed by atoms with Crippen molar-refractivity contribution < 1.29 is 29.1 Å². The molecule has 0 radical (unpaired) electrons.